The molecule has 2 fully saturated rings. The van der Waals surface area contributed by atoms with E-state index in [1.165, 1.54) is 30.4 Å². The molecule has 3 atom stereocenters. The molecule has 2 saturated carbocycles. The average molecular weight is 328 g/mol. The molecular formula is C20H28N2O2. The van der Waals surface area contributed by atoms with Crippen LogP contribution in [0.3, 0.4) is 0 Å². The normalized spacial score (nSPS) is 34.5. The number of benzene rings is 1. The number of methoxy groups -OCH3 is 1. The first kappa shape index (κ1) is 15.9. The molecule has 4 rings (SSSR count). The van der Waals surface area contributed by atoms with Crippen LogP contribution in [0.1, 0.15) is 55.7 Å². The zero-order valence-corrected chi connectivity index (χ0v) is 14.5. The molecule has 3 N–H and O–H groups in total. The van der Waals surface area contributed by atoms with Crippen LogP contribution in [-0.2, 0) is 11.2 Å². The van der Waals surface area contributed by atoms with Crippen molar-refractivity contribution in [1.82, 2.24) is 5.32 Å². The van der Waals surface area contributed by atoms with Crippen LogP contribution in [-0.4, -0.2) is 19.1 Å². The number of nitrogens with one attached hydrogen (secondary N) is 1. The molecule has 1 aromatic rings. The van der Waals surface area contributed by atoms with E-state index in [-0.39, 0.29) is 17.9 Å². The molecule has 4 heteroatoms. The van der Waals surface area contributed by atoms with Gasteiger partial charge in [0.2, 0.25) is 5.91 Å². The second-order valence-electron chi connectivity index (χ2n) is 7.82. The van der Waals surface area contributed by atoms with E-state index in [1.54, 1.807) is 7.11 Å². The van der Waals surface area contributed by atoms with E-state index >= 15 is 0 Å². The number of rotatable bonds is 3. The summed E-state index contributed by atoms with van der Waals surface area (Å²) in [5, 5.41) is 3.32. The number of carbonyl (C=O) groups is 1. The Bertz CT molecular complexity index is 616. The smallest absolute Gasteiger partial charge is 0.223 e. The molecule has 0 heterocycles. The molecule has 0 spiro atoms. The minimum atomic E-state index is 0.137. The van der Waals surface area contributed by atoms with Gasteiger partial charge >= 0.3 is 0 Å². The van der Waals surface area contributed by atoms with Gasteiger partial charge < -0.3 is 15.8 Å². The number of ether oxygens (including phenoxy) is 1. The topological polar surface area (TPSA) is 64.3 Å². The second kappa shape index (κ2) is 6.40. The van der Waals surface area contributed by atoms with Crippen molar-refractivity contribution in [1.29, 1.82) is 0 Å². The SMILES string of the molecule is COc1cccc2c1CCC2NC(=O)C1CC2CCCC(C1)C2N. The maximum atomic E-state index is 12.9. The third-order valence-corrected chi connectivity index (χ3v) is 6.55. The summed E-state index contributed by atoms with van der Waals surface area (Å²) in [5.41, 5.74) is 8.85. The van der Waals surface area contributed by atoms with Crippen LogP contribution in [0.25, 0.3) is 0 Å². The predicted molar refractivity (Wildman–Crippen MR) is 93.7 cm³/mol. The maximum absolute atomic E-state index is 12.9. The largest absolute Gasteiger partial charge is 0.496 e. The summed E-state index contributed by atoms with van der Waals surface area (Å²) in [6, 6.07) is 6.61. The van der Waals surface area contributed by atoms with Gasteiger partial charge in [0.25, 0.3) is 0 Å². The molecule has 0 saturated heterocycles. The summed E-state index contributed by atoms with van der Waals surface area (Å²) >= 11 is 0. The van der Waals surface area contributed by atoms with Crippen molar-refractivity contribution in [2.75, 3.05) is 7.11 Å². The lowest BCUT2D eigenvalue weighted by atomic mass is 9.65. The van der Waals surface area contributed by atoms with E-state index in [4.69, 9.17) is 10.5 Å². The van der Waals surface area contributed by atoms with Gasteiger partial charge in [0, 0.05) is 12.0 Å². The first-order valence-electron chi connectivity index (χ1n) is 9.39. The number of hydrogen-bond donors (Lipinski definition) is 2. The van der Waals surface area contributed by atoms with Crippen LogP contribution in [0.5, 0.6) is 5.75 Å². The van der Waals surface area contributed by atoms with Gasteiger partial charge in [-0.25, -0.2) is 0 Å². The Labute approximate surface area is 144 Å². The molecular weight excluding hydrogens is 300 g/mol. The lowest BCUT2D eigenvalue weighted by Crippen LogP contribution is -2.49. The lowest BCUT2D eigenvalue weighted by molar-refractivity contribution is -0.128. The van der Waals surface area contributed by atoms with Crippen LogP contribution >= 0.6 is 0 Å². The minimum absolute atomic E-state index is 0.137. The Morgan fingerprint density at radius 2 is 1.96 bits per heavy atom. The fourth-order valence-corrected chi connectivity index (χ4v) is 5.25. The summed E-state index contributed by atoms with van der Waals surface area (Å²) in [6.07, 6.45) is 7.58. The summed E-state index contributed by atoms with van der Waals surface area (Å²) in [6.45, 7) is 0. The minimum Gasteiger partial charge on any atom is -0.496 e. The molecule has 2 bridgehead atoms. The van der Waals surface area contributed by atoms with Crippen LogP contribution < -0.4 is 15.8 Å². The van der Waals surface area contributed by atoms with Gasteiger partial charge in [-0.1, -0.05) is 18.6 Å². The fourth-order valence-electron chi connectivity index (χ4n) is 5.25. The Balaban J connectivity index is 1.45. The van der Waals surface area contributed by atoms with Gasteiger partial charge in [0.1, 0.15) is 5.75 Å². The molecule has 3 unspecified atom stereocenters. The second-order valence-corrected chi connectivity index (χ2v) is 7.82. The highest BCUT2D eigenvalue weighted by Crippen LogP contribution is 2.43. The Hall–Kier alpha value is -1.55. The van der Waals surface area contributed by atoms with E-state index in [9.17, 15) is 4.79 Å². The van der Waals surface area contributed by atoms with Crippen molar-refractivity contribution in [3.05, 3.63) is 29.3 Å². The first-order valence-corrected chi connectivity index (χ1v) is 9.39. The third kappa shape index (κ3) is 2.71. The van der Waals surface area contributed by atoms with Gasteiger partial charge in [-0.05, 0) is 67.6 Å². The van der Waals surface area contributed by atoms with Gasteiger partial charge in [0.15, 0.2) is 0 Å². The Kier molecular flexibility index (Phi) is 4.25. The standard InChI is InChI=1S/C20H28N2O2/c1-24-18-7-3-6-15-16(18)8-9-17(15)22-20(23)14-10-12-4-2-5-13(11-14)19(12)21/h3,6-7,12-14,17,19H,2,4-5,8-11,21H2,1H3,(H,22,23). The molecule has 0 radical (unpaired) electrons. The van der Waals surface area contributed by atoms with E-state index in [1.807, 2.05) is 12.1 Å². The lowest BCUT2D eigenvalue weighted by Gasteiger charge is -2.43. The van der Waals surface area contributed by atoms with E-state index < -0.39 is 0 Å². The van der Waals surface area contributed by atoms with Gasteiger partial charge in [-0.2, -0.15) is 0 Å². The summed E-state index contributed by atoms with van der Waals surface area (Å²) in [5.74, 6) is 2.42. The highest BCUT2D eigenvalue weighted by atomic mass is 16.5. The van der Waals surface area contributed by atoms with Crippen molar-refractivity contribution in [3.8, 4) is 5.75 Å². The van der Waals surface area contributed by atoms with Crippen LogP contribution in [0.4, 0.5) is 0 Å². The van der Waals surface area contributed by atoms with Crippen LogP contribution in [0, 0.1) is 17.8 Å². The number of hydrogen-bond acceptors (Lipinski definition) is 3. The zero-order chi connectivity index (χ0) is 16.7. The Morgan fingerprint density at radius 3 is 2.67 bits per heavy atom. The van der Waals surface area contributed by atoms with Crippen LogP contribution in [0.2, 0.25) is 0 Å². The molecule has 1 aromatic carbocycles. The van der Waals surface area contributed by atoms with Gasteiger partial charge in [-0.3, -0.25) is 4.79 Å². The maximum Gasteiger partial charge on any atom is 0.223 e. The fraction of sp³-hybridized carbons (Fsp3) is 0.650. The van der Waals surface area contributed by atoms with Crippen molar-refractivity contribution in [2.24, 2.45) is 23.5 Å². The molecule has 4 nitrogen and oxygen atoms in total. The van der Waals surface area contributed by atoms with Gasteiger partial charge in [-0.15, -0.1) is 0 Å². The average Bonchev–Trinajstić information content (AvgIpc) is 2.97. The number of fused-ring (bicyclic) bond motifs is 3. The predicted octanol–water partition coefficient (Wildman–Crippen LogP) is 2.95. The van der Waals surface area contributed by atoms with E-state index in [0.29, 0.717) is 17.9 Å². The summed E-state index contributed by atoms with van der Waals surface area (Å²) in [7, 11) is 1.71. The van der Waals surface area contributed by atoms with E-state index in [0.717, 1.165) is 31.4 Å². The van der Waals surface area contributed by atoms with Crippen molar-refractivity contribution < 1.29 is 9.53 Å². The van der Waals surface area contributed by atoms with Gasteiger partial charge in [0.05, 0.1) is 13.2 Å². The summed E-state index contributed by atoms with van der Waals surface area (Å²) < 4.78 is 5.46. The van der Waals surface area contributed by atoms with Crippen molar-refractivity contribution >= 4 is 5.91 Å². The zero-order valence-electron chi connectivity index (χ0n) is 14.5. The monoisotopic (exact) mass is 328 g/mol. The number of amides is 1. The molecule has 0 aliphatic heterocycles. The molecule has 0 aromatic heterocycles. The van der Waals surface area contributed by atoms with Crippen molar-refractivity contribution in [3.63, 3.8) is 0 Å². The van der Waals surface area contributed by atoms with Crippen molar-refractivity contribution in [2.45, 2.75) is 57.0 Å². The quantitative estimate of drug-likeness (QED) is 0.896. The molecule has 130 valence electrons. The van der Waals surface area contributed by atoms with E-state index in [2.05, 4.69) is 11.4 Å². The molecule has 1 amide bonds. The first-order chi connectivity index (χ1) is 11.7. The molecule has 3 aliphatic rings. The Morgan fingerprint density at radius 1 is 1.21 bits per heavy atom. The number of nitrogens with two attached hydrogens (primary N) is 1. The molecule has 24 heavy (non-hydrogen) atoms. The number of carbonyl (C=O) groups excluding carboxylic acids is 1. The van der Waals surface area contributed by atoms with Crippen LogP contribution in [0.15, 0.2) is 18.2 Å². The summed E-state index contributed by atoms with van der Waals surface area (Å²) in [4.78, 5) is 12.9. The highest BCUT2D eigenvalue weighted by molar-refractivity contribution is 5.79. The molecule has 3 aliphatic carbocycles. The third-order valence-electron chi connectivity index (χ3n) is 6.55. The highest BCUT2D eigenvalue weighted by Gasteiger charge is 2.41.